The average Bonchev–Trinajstić information content (AvgIpc) is 2.77. The zero-order valence-electron chi connectivity index (χ0n) is 11.2. The predicted octanol–water partition coefficient (Wildman–Crippen LogP) is 3.05. The lowest BCUT2D eigenvalue weighted by Gasteiger charge is -2.29. The molecule has 1 unspecified atom stereocenters. The fourth-order valence-corrected chi connectivity index (χ4v) is 3.13. The van der Waals surface area contributed by atoms with Crippen LogP contribution in [0.25, 0.3) is 0 Å². The van der Waals surface area contributed by atoms with Gasteiger partial charge in [-0.2, -0.15) is 5.26 Å². The summed E-state index contributed by atoms with van der Waals surface area (Å²) in [5, 5.41) is 10.4. The minimum atomic E-state index is -0.391. The molecule has 0 aliphatic rings. The number of nitriles is 1. The standard InChI is InChI=1S/C14H20FN3S/c1-3-5-12(18(7-4-2)8-6-16)14-13(15)11(9-17)10-19-14/h3,10,12H,1,4-8,16H2,2H3. The van der Waals surface area contributed by atoms with Crippen molar-refractivity contribution in [3.8, 4) is 6.07 Å². The third-order valence-electron chi connectivity index (χ3n) is 2.94. The van der Waals surface area contributed by atoms with Crippen molar-refractivity contribution >= 4 is 11.3 Å². The molecule has 0 bridgehead atoms. The van der Waals surface area contributed by atoms with Gasteiger partial charge in [0.2, 0.25) is 0 Å². The van der Waals surface area contributed by atoms with Gasteiger partial charge in [-0.05, 0) is 19.4 Å². The van der Waals surface area contributed by atoms with Crippen molar-refractivity contribution in [1.29, 1.82) is 5.26 Å². The van der Waals surface area contributed by atoms with Crippen molar-refractivity contribution in [2.45, 2.75) is 25.8 Å². The Balaban J connectivity index is 3.06. The highest BCUT2D eigenvalue weighted by atomic mass is 32.1. The lowest BCUT2D eigenvalue weighted by atomic mass is 10.1. The molecule has 0 spiro atoms. The van der Waals surface area contributed by atoms with E-state index in [9.17, 15) is 4.39 Å². The van der Waals surface area contributed by atoms with Crippen molar-refractivity contribution in [2.24, 2.45) is 5.73 Å². The number of hydrogen-bond acceptors (Lipinski definition) is 4. The quantitative estimate of drug-likeness (QED) is 0.745. The summed E-state index contributed by atoms with van der Waals surface area (Å²) in [6.45, 7) is 7.93. The van der Waals surface area contributed by atoms with Crippen molar-refractivity contribution in [3.63, 3.8) is 0 Å². The summed E-state index contributed by atoms with van der Waals surface area (Å²) in [5.41, 5.74) is 5.75. The van der Waals surface area contributed by atoms with E-state index < -0.39 is 5.82 Å². The molecule has 0 saturated heterocycles. The van der Waals surface area contributed by atoms with Gasteiger partial charge in [-0.15, -0.1) is 17.9 Å². The number of thiophene rings is 1. The highest BCUT2D eigenvalue weighted by molar-refractivity contribution is 7.10. The number of rotatable bonds is 8. The SMILES string of the molecule is C=CCC(c1scc(C#N)c1F)N(CCC)CCN. The molecule has 2 N–H and O–H groups in total. The minimum absolute atomic E-state index is 0.0758. The Labute approximate surface area is 118 Å². The van der Waals surface area contributed by atoms with Crippen molar-refractivity contribution in [1.82, 2.24) is 4.90 Å². The normalized spacial score (nSPS) is 12.4. The minimum Gasteiger partial charge on any atom is -0.329 e. The predicted molar refractivity (Wildman–Crippen MR) is 77.5 cm³/mol. The van der Waals surface area contributed by atoms with Crippen LogP contribution in [-0.2, 0) is 0 Å². The summed E-state index contributed by atoms with van der Waals surface area (Å²) < 4.78 is 14.1. The van der Waals surface area contributed by atoms with Gasteiger partial charge in [-0.25, -0.2) is 4.39 Å². The maximum absolute atomic E-state index is 14.1. The summed E-state index contributed by atoms with van der Waals surface area (Å²) >= 11 is 1.30. The summed E-state index contributed by atoms with van der Waals surface area (Å²) in [4.78, 5) is 2.77. The Bertz CT molecular complexity index is 444. The summed E-state index contributed by atoms with van der Waals surface area (Å²) in [6, 6.07) is 1.81. The van der Waals surface area contributed by atoms with Gasteiger partial charge in [0.05, 0.1) is 16.5 Å². The zero-order valence-corrected chi connectivity index (χ0v) is 12.0. The molecule has 3 nitrogen and oxygen atoms in total. The van der Waals surface area contributed by atoms with Crippen LogP contribution in [0.5, 0.6) is 0 Å². The van der Waals surface area contributed by atoms with E-state index >= 15 is 0 Å². The molecule has 5 heteroatoms. The van der Waals surface area contributed by atoms with Crippen molar-refractivity contribution in [2.75, 3.05) is 19.6 Å². The van der Waals surface area contributed by atoms with E-state index in [-0.39, 0.29) is 11.6 Å². The molecule has 0 fully saturated rings. The summed E-state index contributed by atoms with van der Waals surface area (Å²) in [7, 11) is 0. The van der Waals surface area contributed by atoms with Gasteiger partial charge >= 0.3 is 0 Å². The Morgan fingerprint density at radius 1 is 1.63 bits per heavy atom. The molecule has 1 heterocycles. The van der Waals surface area contributed by atoms with E-state index in [1.807, 2.05) is 6.07 Å². The van der Waals surface area contributed by atoms with Crippen LogP contribution < -0.4 is 5.73 Å². The van der Waals surface area contributed by atoms with Crippen molar-refractivity contribution < 1.29 is 4.39 Å². The Morgan fingerprint density at radius 2 is 2.37 bits per heavy atom. The fourth-order valence-electron chi connectivity index (χ4n) is 2.12. The molecule has 0 radical (unpaired) electrons. The molecule has 0 amide bonds. The maximum Gasteiger partial charge on any atom is 0.156 e. The average molecular weight is 281 g/mol. The van der Waals surface area contributed by atoms with E-state index in [0.29, 0.717) is 24.4 Å². The highest BCUT2D eigenvalue weighted by Gasteiger charge is 2.24. The van der Waals surface area contributed by atoms with E-state index in [4.69, 9.17) is 11.0 Å². The summed E-state index contributed by atoms with van der Waals surface area (Å²) in [5.74, 6) is -0.391. The van der Waals surface area contributed by atoms with Crippen LogP contribution in [0.4, 0.5) is 4.39 Å². The Kier molecular flexibility index (Phi) is 6.71. The second-order valence-corrected chi connectivity index (χ2v) is 5.22. The van der Waals surface area contributed by atoms with E-state index in [1.165, 1.54) is 11.3 Å². The molecule has 1 atom stereocenters. The monoisotopic (exact) mass is 281 g/mol. The van der Waals surface area contributed by atoms with Crippen molar-refractivity contribution in [3.05, 3.63) is 34.3 Å². The lowest BCUT2D eigenvalue weighted by molar-refractivity contribution is 0.203. The fraction of sp³-hybridized carbons (Fsp3) is 0.500. The third-order valence-corrected chi connectivity index (χ3v) is 4.00. The molecular weight excluding hydrogens is 261 g/mol. The number of nitrogens with zero attached hydrogens (tertiary/aromatic N) is 2. The first-order valence-electron chi connectivity index (χ1n) is 6.41. The van der Waals surface area contributed by atoms with Gasteiger partial charge in [0.15, 0.2) is 5.82 Å². The molecule has 19 heavy (non-hydrogen) atoms. The van der Waals surface area contributed by atoms with Crippen LogP contribution in [0.1, 0.15) is 36.2 Å². The molecule has 104 valence electrons. The largest absolute Gasteiger partial charge is 0.329 e. The first kappa shape index (κ1) is 15.8. The lowest BCUT2D eigenvalue weighted by Crippen LogP contribution is -2.34. The second kappa shape index (κ2) is 8.05. The van der Waals surface area contributed by atoms with Crippen LogP contribution in [-0.4, -0.2) is 24.5 Å². The van der Waals surface area contributed by atoms with Gasteiger partial charge in [-0.1, -0.05) is 13.0 Å². The van der Waals surface area contributed by atoms with Crippen LogP contribution in [0.15, 0.2) is 18.0 Å². The molecule has 0 aromatic carbocycles. The zero-order chi connectivity index (χ0) is 14.3. The highest BCUT2D eigenvalue weighted by Crippen LogP contribution is 2.33. The van der Waals surface area contributed by atoms with Gasteiger partial charge in [-0.3, -0.25) is 4.90 Å². The Morgan fingerprint density at radius 3 is 2.84 bits per heavy atom. The number of halogens is 1. The maximum atomic E-state index is 14.1. The third kappa shape index (κ3) is 3.87. The van der Waals surface area contributed by atoms with Gasteiger partial charge in [0.1, 0.15) is 6.07 Å². The van der Waals surface area contributed by atoms with Crippen LogP contribution >= 0.6 is 11.3 Å². The molecule has 1 aromatic heterocycles. The smallest absolute Gasteiger partial charge is 0.156 e. The van der Waals surface area contributed by atoms with Crippen LogP contribution in [0.3, 0.4) is 0 Å². The van der Waals surface area contributed by atoms with Gasteiger partial charge in [0, 0.05) is 18.5 Å². The van der Waals surface area contributed by atoms with E-state index in [1.54, 1.807) is 11.5 Å². The van der Waals surface area contributed by atoms with E-state index in [2.05, 4.69) is 18.4 Å². The van der Waals surface area contributed by atoms with Gasteiger partial charge < -0.3 is 5.73 Å². The number of nitrogens with two attached hydrogens (primary N) is 1. The summed E-state index contributed by atoms with van der Waals surface area (Å²) in [6.07, 6.45) is 3.42. The molecule has 1 rings (SSSR count). The van der Waals surface area contributed by atoms with E-state index in [0.717, 1.165) is 13.0 Å². The molecule has 0 aliphatic heterocycles. The first-order chi connectivity index (χ1) is 9.19. The molecular formula is C14H20FN3S. The molecule has 0 aliphatic carbocycles. The van der Waals surface area contributed by atoms with Crippen LogP contribution in [0.2, 0.25) is 0 Å². The second-order valence-electron chi connectivity index (χ2n) is 4.30. The molecule has 1 aromatic rings. The number of hydrogen-bond donors (Lipinski definition) is 1. The first-order valence-corrected chi connectivity index (χ1v) is 7.29. The molecule has 0 saturated carbocycles. The Hall–Kier alpha value is -1.22. The van der Waals surface area contributed by atoms with Gasteiger partial charge in [0.25, 0.3) is 0 Å². The topological polar surface area (TPSA) is 53.0 Å². The van der Waals surface area contributed by atoms with Crippen LogP contribution in [0, 0.1) is 17.1 Å².